The second kappa shape index (κ2) is 9.02. The molecule has 3 rings (SSSR count). The van der Waals surface area contributed by atoms with Gasteiger partial charge in [-0.05, 0) is 44.0 Å². The summed E-state index contributed by atoms with van der Waals surface area (Å²) in [4.78, 5) is 15.8. The van der Waals surface area contributed by atoms with Crippen molar-refractivity contribution in [3.05, 3.63) is 41.7 Å². The van der Waals surface area contributed by atoms with Crippen LogP contribution in [-0.2, 0) is 0 Å². The molecule has 1 aromatic heterocycles. The molecule has 160 valence electrons. The average Bonchev–Trinajstić information content (AvgIpc) is 2.70. The largest absolute Gasteiger partial charge is 0.365 e. The van der Waals surface area contributed by atoms with Gasteiger partial charge in [0.2, 0.25) is 0 Å². The van der Waals surface area contributed by atoms with E-state index in [0.29, 0.717) is 24.2 Å². The van der Waals surface area contributed by atoms with Crippen molar-refractivity contribution in [1.82, 2.24) is 4.98 Å². The third kappa shape index (κ3) is 5.00. The molecule has 1 amide bonds. The van der Waals surface area contributed by atoms with E-state index in [4.69, 9.17) is 5.73 Å². The normalized spacial score (nSPS) is 18.2. The second-order valence-corrected chi connectivity index (χ2v) is 6.99. The second-order valence-electron chi connectivity index (χ2n) is 6.99. The van der Waals surface area contributed by atoms with E-state index in [2.05, 4.69) is 26.1 Å². The first-order chi connectivity index (χ1) is 14.3. The van der Waals surface area contributed by atoms with Crippen LogP contribution in [0.4, 0.5) is 36.2 Å². The summed E-state index contributed by atoms with van der Waals surface area (Å²) in [5.74, 6) is -5.20. The predicted octanol–water partition coefficient (Wildman–Crippen LogP) is 4.47. The van der Waals surface area contributed by atoms with Crippen LogP contribution in [0.5, 0.6) is 0 Å². The van der Waals surface area contributed by atoms with Crippen LogP contribution in [0.1, 0.15) is 43.0 Å². The van der Waals surface area contributed by atoms with Crippen molar-refractivity contribution >= 4 is 35.1 Å². The SMILES string of the molecule is C/C=N\Nc1cccc(Nc2nc(NC3CCCCC3(F)F)c(F)cc2C(N)=O)c1. The molecule has 1 unspecified atom stereocenters. The number of nitrogens with one attached hydrogen (secondary N) is 3. The van der Waals surface area contributed by atoms with Gasteiger partial charge in [-0.25, -0.2) is 18.2 Å². The number of nitrogens with zero attached hydrogens (tertiary/aromatic N) is 2. The fourth-order valence-corrected chi connectivity index (χ4v) is 3.25. The van der Waals surface area contributed by atoms with E-state index < -0.39 is 23.7 Å². The lowest BCUT2D eigenvalue weighted by atomic mass is 9.91. The molecule has 5 N–H and O–H groups in total. The number of rotatable bonds is 7. The van der Waals surface area contributed by atoms with Crippen LogP contribution in [0.15, 0.2) is 35.4 Å². The van der Waals surface area contributed by atoms with Crippen molar-refractivity contribution in [2.24, 2.45) is 10.8 Å². The molecule has 0 radical (unpaired) electrons. The summed E-state index contributed by atoms with van der Waals surface area (Å²) >= 11 is 0. The monoisotopic (exact) mass is 420 g/mol. The lowest BCUT2D eigenvalue weighted by molar-refractivity contribution is -0.0450. The number of carbonyl (C=O) groups is 1. The Balaban J connectivity index is 1.91. The molecule has 1 heterocycles. The number of benzene rings is 1. The summed E-state index contributed by atoms with van der Waals surface area (Å²) < 4.78 is 42.8. The Hall–Kier alpha value is -3.30. The smallest absolute Gasteiger partial charge is 0.267 e. The number of hydrogen-bond acceptors (Lipinski definition) is 6. The molecule has 30 heavy (non-hydrogen) atoms. The molecule has 0 saturated heterocycles. The minimum absolute atomic E-state index is 0.0401. The highest BCUT2D eigenvalue weighted by atomic mass is 19.3. The number of pyridine rings is 1. The number of aromatic nitrogens is 1. The van der Waals surface area contributed by atoms with Gasteiger partial charge in [-0.2, -0.15) is 5.10 Å². The van der Waals surface area contributed by atoms with E-state index in [1.54, 1.807) is 37.4 Å². The third-order valence-electron chi connectivity index (χ3n) is 4.76. The molecule has 0 spiro atoms. The van der Waals surface area contributed by atoms with Crippen molar-refractivity contribution < 1.29 is 18.0 Å². The quantitative estimate of drug-likeness (QED) is 0.391. The number of anilines is 4. The first-order valence-corrected chi connectivity index (χ1v) is 9.55. The van der Waals surface area contributed by atoms with Gasteiger partial charge in [0.25, 0.3) is 11.8 Å². The Bertz CT molecular complexity index is 950. The number of alkyl halides is 2. The summed E-state index contributed by atoms with van der Waals surface area (Å²) in [5.41, 5.74) is 9.13. The van der Waals surface area contributed by atoms with Crippen LogP contribution < -0.4 is 21.8 Å². The molecule has 1 fully saturated rings. The lowest BCUT2D eigenvalue weighted by Crippen LogP contribution is -2.42. The zero-order valence-electron chi connectivity index (χ0n) is 16.4. The summed E-state index contributed by atoms with van der Waals surface area (Å²) in [6, 6.07) is 6.53. The first kappa shape index (κ1) is 21.4. The van der Waals surface area contributed by atoms with E-state index in [0.717, 1.165) is 6.07 Å². The zero-order valence-corrected chi connectivity index (χ0v) is 16.4. The molecule has 2 aromatic rings. The average molecular weight is 420 g/mol. The van der Waals surface area contributed by atoms with Gasteiger partial charge in [0.1, 0.15) is 5.82 Å². The number of nitrogens with two attached hydrogens (primary N) is 1. The Labute approximate surface area is 171 Å². The zero-order chi connectivity index (χ0) is 21.7. The van der Waals surface area contributed by atoms with Crippen molar-refractivity contribution in [2.45, 2.75) is 44.6 Å². The van der Waals surface area contributed by atoms with Gasteiger partial charge in [-0.3, -0.25) is 10.2 Å². The van der Waals surface area contributed by atoms with E-state index in [1.165, 1.54) is 0 Å². The minimum Gasteiger partial charge on any atom is -0.365 e. The molecule has 10 heteroatoms. The maximum Gasteiger partial charge on any atom is 0.267 e. The van der Waals surface area contributed by atoms with Gasteiger partial charge in [-0.15, -0.1) is 0 Å². The van der Waals surface area contributed by atoms with Crippen molar-refractivity contribution in [3.63, 3.8) is 0 Å². The first-order valence-electron chi connectivity index (χ1n) is 9.55. The topological polar surface area (TPSA) is 104 Å². The van der Waals surface area contributed by atoms with Gasteiger partial charge in [0, 0.05) is 18.3 Å². The van der Waals surface area contributed by atoms with Gasteiger partial charge in [-0.1, -0.05) is 12.5 Å². The van der Waals surface area contributed by atoms with Gasteiger partial charge >= 0.3 is 0 Å². The summed E-state index contributed by atoms with van der Waals surface area (Å²) in [6.45, 7) is 1.75. The number of primary amides is 1. The summed E-state index contributed by atoms with van der Waals surface area (Å²) in [5, 5.41) is 9.33. The van der Waals surface area contributed by atoms with Crippen LogP contribution in [0.3, 0.4) is 0 Å². The molecule has 1 aromatic carbocycles. The Kier molecular flexibility index (Phi) is 6.43. The fraction of sp³-hybridized carbons (Fsp3) is 0.350. The van der Waals surface area contributed by atoms with Crippen molar-refractivity contribution in [1.29, 1.82) is 0 Å². The van der Waals surface area contributed by atoms with E-state index in [9.17, 15) is 18.0 Å². The molecule has 1 aliphatic carbocycles. The third-order valence-corrected chi connectivity index (χ3v) is 4.76. The Morgan fingerprint density at radius 3 is 2.73 bits per heavy atom. The molecule has 0 bridgehead atoms. The van der Waals surface area contributed by atoms with Gasteiger partial charge in [0.05, 0.1) is 17.3 Å². The van der Waals surface area contributed by atoms with Gasteiger partial charge in [0.15, 0.2) is 11.6 Å². The predicted molar refractivity (Wildman–Crippen MR) is 111 cm³/mol. The number of hydrogen-bond donors (Lipinski definition) is 4. The number of hydrazone groups is 1. The Morgan fingerprint density at radius 2 is 2.03 bits per heavy atom. The molecule has 1 aliphatic rings. The standard InChI is InChI=1S/C20H23F3N6O/c1-2-25-29-13-7-5-6-12(10-13)26-18-14(17(24)30)11-15(21)19(28-18)27-16-8-3-4-9-20(16,22)23/h2,5-7,10-11,16,29H,3-4,8-9H2,1H3,(H2,24,30)(H2,26,27,28)/b25-2-. The number of amides is 1. The van der Waals surface area contributed by atoms with Crippen LogP contribution in [0.2, 0.25) is 0 Å². The van der Waals surface area contributed by atoms with E-state index in [1.807, 2.05) is 0 Å². The highest BCUT2D eigenvalue weighted by Gasteiger charge is 2.42. The van der Waals surface area contributed by atoms with Crippen molar-refractivity contribution in [3.8, 4) is 0 Å². The van der Waals surface area contributed by atoms with Crippen LogP contribution in [0.25, 0.3) is 0 Å². The summed E-state index contributed by atoms with van der Waals surface area (Å²) in [7, 11) is 0. The molecular formula is C20H23F3N6O. The number of halogens is 3. The van der Waals surface area contributed by atoms with Crippen LogP contribution in [0, 0.1) is 5.82 Å². The fourth-order valence-electron chi connectivity index (χ4n) is 3.25. The van der Waals surface area contributed by atoms with E-state index in [-0.39, 0.29) is 30.0 Å². The highest BCUT2D eigenvalue weighted by molar-refractivity contribution is 5.98. The number of carbonyl (C=O) groups excluding carboxylic acids is 1. The molecular weight excluding hydrogens is 397 g/mol. The maximum atomic E-state index is 14.5. The molecule has 1 atom stereocenters. The molecule has 1 saturated carbocycles. The Morgan fingerprint density at radius 1 is 1.27 bits per heavy atom. The van der Waals surface area contributed by atoms with E-state index >= 15 is 0 Å². The van der Waals surface area contributed by atoms with Crippen LogP contribution >= 0.6 is 0 Å². The lowest BCUT2D eigenvalue weighted by Gasteiger charge is -2.32. The van der Waals surface area contributed by atoms with Crippen LogP contribution in [-0.4, -0.2) is 29.1 Å². The van der Waals surface area contributed by atoms with Gasteiger partial charge < -0.3 is 16.4 Å². The maximum absolute atomic E-state index is 14.5. The molecule has 7 nitrogen and oxygen atoms in total. The van der Waals surface area contributed by atoms with Crippen molar-refractivity contribution in [2.75, 3.05) is 16.1 Å². The summed E-state index contributed by atoms with van der Waals surface area (Å²) in [6.07, 6.45) is 2.53. The highest BCUT2D eigenvalue weighted by Crippen LogP contribution is 2.36. The molecule has 0 aliphatic heterocycles. The minimum atomic E-state index is -2.97.